The van der Waals surface area contributed by atoms with Crippen molar-refractivity contribution in [3.05, 3.63) is 37.7 Å². The summed E-state index contributed by atoms with van der Waals surface area (Å²) in [5, 5.41) is 0. The average Bonchev–Trinajstić information content (AvgIpc) is 3.83. The van der Waals surface area contributed by atoms with Crippen molar-refractivity contribution in [1.29, 1.82) is 0 Å². The van der Waals surface area contributed by atoms with Crippen LogP contribution in [0.4, 0.5) is 14.6 Å². The molecule has 0 aliphatic carbocycles. The van der Waals surface area contributed by atoms with Crippen molar-refractivity contribution < 1.29 is 55.3 Å². The maximum atomic E-state index is 16.0. The van der Waals surface area contributed by atoms with Crippen LogP contribution in [0.3, 0.4) is 0 Å². The minimum Gasteiger partial charge on any atom is -0.382 e. The van der Waals surface area contributed by atoms with Gasteiger partial charge in [0.15, 0.2) is 53.1 Å². The number of hydrogen-bond donors (Lipinski definition) is 3. The third kappa shape index (κ3) is 4.89. The van der Waals surface area contributed by atoms with Crippen LogP contribution in [0.25, 0.3) is 28.0 Å². The summed E-state index contributed by atoms with van der Waals surface area (Å²) in [6, 6.07) is 0. The van der Waals surface area contributed by atoms with E-state index in [1.54, 1.807) is 10.6 Å². The Hall–Kier alpha value is -3.56. The second-order valence-electron chi connectivity index (χ2n) is 10.5. The predicted octanol–water partition coefficient (Wildman–Crippen LogP) is 0.990. The predicted molar refractivity (Wildman–Crippen MR) is 145 cm³/mol. The zero-order valence-electron chi connectivity index (χ0n) is 22.9. The van der Waals surface area contributed by atoms with Crippen LogP contribution < -0.4 is 5.73 Å². The van der Waals surface area contributed by atoms with E-state index in [9.17, 15) is 18.9 Å². The Morgan fingerprint density at radius 2 is 1.33 bits per heavy atom. The number of nitrogens with two attached hydrogens (primary N) is 1. The molecule has 8 rings (SSSR count). The topological polar surface area (TPSA) is 248 Å². The number of fused-ring (bicyclic) bond motifs is 6. The first kappa shape index (κ1) is 29.8. The van der Waals surface area contributed by atoms with Gasteiger partial charge < -0.3 is 25.0 Å². The molecule has 3 aliphatic heterocycles. The number of hydrogen-bond acceptors (Lipinski definition) is 15. The van der Waals surface area contributed by atoms with E-state index >= 15 is 8.78 Å². The smallest absolute Gasteiger partial charge is 0.382 e. The van der Waals surface area contributed by atoms with E-state index in [-0.39, 0.29) is 22.6 Å². The molecule has 24 heteroatoms. The van der Waals surface area contributed by atoms with E-state index in [4.69, 9.17) is 33.3 Å². The van der Waals surface area contributed by atoms with Crippen molar-refractivity contribution in [2.45, 2.75) is 49.2 Å². The van der Waals surface area contributed by atoms with Gasteiger partial charge in [-0.2, -0.15) is 0 Å². The highest BCUT2D eigenvalue weighted by Crippen LogP contribution is 2.54. The van der Waals surface area contributed by atoms with Crippen molar-refractivity contribution in [2.75, 3.05) is 18.9 Å². The Balaban J connectivity index is 1.08. The van der Waals surface area contributed by atoms with Gasteiger partial charge in [0.25, 0.3) is 0 Å². The number of alkyl halides is 2. The maximum Gasteiger partial charge on any atom is 0.472 e. The highest BCUT2D eigenvalue weighted by atomic mass is 31.2. The van der Waals surface area contributed by atoms with E-state index in [2.05, 4.69) is 29.9 Å². The van der Waals surface area contributed by atoms with Crippen LogP contribution in [0.2, 0.25) is 0 Å². The van der Waals surface area contributed by atoms with Crippen LogP contribution in [0.15, 0.2) is 37.7 Å². The molecule has 244 valence electrons. The SMILES string of the molecule is Nc1ncnc2c1ncn2[C@@H]1O[C@@H]2COP(=O)(O)O[C@H]3[C@@H](F)[C@H](n4cnc5c4ncn4ccnc54)O[C@@H]3COP(=O)(O)O[C@H]2[C@H]1F. The molecular weight excluding hydrogens is 664 g/mol. The monoisotopic (exact) mass is 686 g/mol. The van der Waals surface area contributed by atoms with Crippen LogP contribution in [0, 0.1) is 0 Å². The first-order valence-corrected chi connectivity index (χ1v) is 16.5. The fourth-order valence-corrected chi connectivity index (χ4v) is 7.56. The fraction of sp³-hybridized carbons (Fsp3) is 0.455. The highest BCUT2D eigenvalue weighted by Gasteiger charge is 2.55. The average molecular weight is 686 g/mol. The van der Waals surface area contributed by atoms with Gasteiger partial charge in [-0.1, -0.05) is 0 Å². The third-order valence-electron chi connectivity index (χ3n) is 7.74. The Labute approximate surface area is 254 Å². The van der Waals surface area contributed by atoms with Gasteiger partial charge in [-0.15, -0.1) is 0 Å². The number of phosphoric acid groups is 2. The van der Waals surface area contributed by atoms with Gasteiger partial charge in [0.2, 0.25) is 0 Å². The first-order chi connectivity index (χ1) is 22.0. The van der Waals surface area contributed by atoms with Gasteiger partial charge in [0.05, 0.1) is 25.9 Å². The number of imidazole rings is 3. The lowest BCUT2D eigenvalue weighted by Crippen LogP contribution is -2.37. The number of halogens is 2. The Bertz CT molecular complexity index is 2060. The molecule has 2 unspecified atom stereocenters. The number of anilines is 1. The molecule has 0 spiro atoms. The molecule has 46 heavy (non-hydrogen) atoms. The van der Waals surface area contributed by atoms with Crippen LogP contribution in [-0.2, 0) is 36.7 Å². The van der Waals surface area contributed by atoms with E-state index in [1.807, 2.05) is 0 Å². The molecule has 3 aliphatic rings. The molecule has 0 bridgehead atoms. The zero-order valence-corrected chi connectivity index (χ0v) is 24.7. The summed E-state index contributed by atoms with van der Waals surface area (Å²) < 4.78 is 93.9. The van der Waals surface area contributed by atoms with Gasteiger partial charge >= 0.3 is 15.6 Å². The molecule has 0 aromatic carbocycles. The van der Waals surface area contributed by atoms with E-state index in [0.29, 0.717) is 11.2 Å². The van der Waals surface area contributed by atoms with Gasteiger partial charge in [-0.05, 0) is 0 Å². The van der Waals surface area contributed by atoms with Crippen molar-refractivity contribution in [2.24, 2.45) is 0 Å². The lowest BCUT2D eigenvalue weighted by atomic mass is 10.1. The normalized spacial score (nSPS) is 37.3. The van der Waals surface area contributed by atoms with Crippen LogP contribution >= 0.6 is 15.6 Å². The summed E-state index contributed by atoms with van der Waals surface area (Å²) in [6.45, 7) is -1.78. The van der Waals surface area contributed by atoms with Crippen molar-refractivity contribution in [1.82, 2.24) is 43.4 Å². The van der Waals surface area contributed by atoms with Gasteiger partial charge in [-0.3, -0.25) is 31.6 Å². The Kier molecular flexibility index (Phi) is 6.96. The maximum absolute atomic E-state index is 16.0. The number of rotatable bonds is 2. The molecule has 3 saturated heterocycles. The molecule has 20 nitrogen and oxygen atoms in total. The second kappa shape index (κ2) is 10.7. The number of nitrogens with zero attached hydrogens (tertiary/aromatic N) is 9. The molecule has 10 atom stereocenters. The fourth-order valence-electron chi connectivity index (χ4n) is 5.65. The highest BCUT2D eigenvalue weighted by molar-refractivity contribution is 7.47. The number of aromatic nitrogens is 9. The van der Waals surface area contributed by atoms with Crippen LogP contribution in [0.5, 0.6) is 0 Å². The van der Waals surface area contributed by atoms with Crippen molar-refractivity contribution >= 4 is 49.4 Å². The molecule has 8 heterocycles. The largest absolute Gasteiger partial charge is 0.472 e. The third-order valence-corrected chi connectivity index (χ3v) is 9.71. The molecule has 0 amide bonds. The lowest BCUT2D eigenvalue weighted by molar-refractivity contribution is -0.0662. The lowest BCUT2D eigenvalue weighted by Gasteiger charge is -2.27. The Morgan fingerprint density at radius 1 is 0.761 bits per heavy atom. The molecule has 5 aromatic rings. The summed E-state index contributed by atoms with van der Waals surface area (Å²) >= 11 is 0. The summed E-state index contributed by atoms with van der Waals surface area (Å²) in [5.74, 6) is 0.00356. The summed E-state index contributed by atoms with van der Waals surface area (Å²) in [5.41, 5.74) is 6.90. The first-order valence-electron chi connectivity index (χ1n) is 13.5. The number of nitrogen functional groups attached to an aromatic ring is 1. The van der Waals surface area contributed by atoms with E-state index < -0.39 is 78.1 Å². The molecule has 3 fully saturated rings. The Morgan fingerprint density at radius 3 is 1.93 bits per heavy atom. The van der Waals surface area contributed by atoms with Crippen molar-refractivity contribution in [3.63, 3.8) is 0 Å². The molecule has 5 aromatic heterocycles. The molecule has 0 radical (unpaired) electrons. The number of phosphoric ester groups is 2. The van der Waals surface area contributed by atoms with Gasteiger partial charge in [0.1, 0.15) is 42.6 Å². The minimum atomic E-state index is -5.12. The van der Waals surface area contributed by atoms with Gasteiger partial charge in [0, 0.05) is 12.4 Å². The molecular formula is C22H22F2N10O10P2. The second-order valence-corrected chi connectivity index (χ2v) is 13.3. The summed E-state index contributed by atoms with van der Waals surface area (Å²) in [4.78, 5) is 45.7. The van der Waals surface area contributed by atoms with Gasteiger partial charge in [-0.25, -0.2) is 47.8 Å². The summed E-state index contributed by atoms with van der Waals surface area (Å²) in [7, 11) is -10.2. The quantitative estimate of drug-likeness (QED) is 0.219. The standard InChI is InChI=1S/C22H22F2N10O10P2/c23-11-15-9(41-21(11)33-7-29-13-17(25)27-5-28-19(13)33)3-39-46(37,38)44-16-10(4-40-45(35,36)43-15)42-22(12(16)24)34-8-30-14-18-26-1-2-32(18)6-31-20(14)34/h1-2,5-12,15-16,21-22H,3-4H2,(H,35,36)(H,37,38)(H2,25,27,28)/t9-,10-,11-,12-,15-,16-,21-,22-/m1/s1. The van der Waals surface area contributed by atoms with E-state index in [1.165, 1.54) is 23.4 Å². The van der Waals surface area contributed by atoms with E-state index in [0.717, 1.165) is 17.2 Å². The minimum absolute atomic E-state index is 0.00356. The van der Waals surface area contributed by atoms with Crippen LogP contribution in [-0.4, -0.2) is 103 Å². The molecule has 4 N–H and O–H groups in total. The zero-order chi connectivity index (χ0) is 32.0. The summed E-state index contributed by atoms with van der Waals surface area (Å²) in [6.07, 6.45) is -6.26. The van der Waals surface area contributed by atoms with Crippen LogP contribution in [0.1, 0.15) is 12.5 Å². The molecule has 0 saturated carbocycles. The number of ether oxygens (including phenoxy) is 2. The van der Waals surface area contributed by atoms with Crippen molar-refractivity contribution in [3.8, 4) is 0 Å².